The van der Waals surface area contributed by atoms with E-state index in [2.05, 4.69) is 19.2 Å². The second kappa shape index (κ2) is 9.04. The van der Waals surface area contributed by atoms with Gasteiger partial charge in [0, 0.05) is 5.69 Å². The molecule has 2 rings (SSSR count). The van der Waals surface area contributed by atoms with Gasteiger partial charge in [-0.05, 0) is 49.6 Å². The first kappa shape index (κ1) is 19.5. The number of hydrogen-bond acceptors (Lipinski definition) is 4. The zero-order valence-electron chi connectivity index (χ0n) is 15.6. The number of amides is 1. The zero-order chi connectivity index (χ0) is 19.1. The highest BCUT2D eigenvalue weighted by Crippen LogP contribution is 2.20. The van der Waals surface area contributed by atoms with Crippen LogP contribution in [0.2, 0.25) is 0 Å². The minimum absolute atomic E-state index is 0.301. The SMILES string of the molecule is CCOc1ccccc1C(=O)O[C@H](C)C(=O)Nc1ccc(C(C)C)cc1. The first-order chi connectivity index (χ1) is 12.4. The van der Waals surface area contributed by atoms with Gasteiger partial charge in [-0.2, -0.15) is 0 Å². The largest absolute Gasteiger partial charge is 0.493 e. The first-order valence-electron chi connectivity index (χ1n) is 8.76. The van der Waals surface area contributed by atoms with E-state index < -0.39 is 12.1 Å². The highest BCUT2D eigenvalue weighted by atomic mass is 16.5. The van der Waals surface area contributed by atoms with Gasteiger partial charge in [-0.25, -0.2) is 4.79 Å². The topological polar surface area (TPSA) is 64.6 Å². The monoisotopic (exact) mass is 355 g/mol. The minimum atomic E-state index is -0.929. The number of carbonyl (C=O) groups is 2. The third-order valence-electron chi connectivity index (χ3n) is 3.90. The molecule has 0 radical (unpaired) electrons. The van der Waals surface area contributed by atoms with Crippen molar-refractivity contribution >= 4 is 17.6 Å². The normalized spacial score (nSPS) is 11.7. The van der Waals surface area contributed by atoms with E-state index in [0.29, 0.717) is 29.5 Å². The lowest BCUT2D eigenvalue weighted by Gasteiger charge is -2.15. The van der Waals surface area contributed by atoms with Gasteiger partial charge >= 0.3 is 5.97 Å². The maximum Gasteiger partial charge on any atom is 0.342 e. The van der Waals surface area contributed by atoms with Gasteiger partial charge in [-0.1, -0.05) is 38.1 Å². The fourth-order valence-corrected chi connectivity index (χ4v) is 2.39. The molecule has 26 heavy (non-hydrogen) atoms. The Labute approximate surface area is 154 Å². The van der Waals surface area contributed by atoms with Crippen molar-refractivity contribution in [3.63, 3.8) is 0 Å². The van der Waals surface area contributed by atoms with Crippen molar-refractivity contribution in [2.75, 3.05) is 11.9 Å². The third kappa shape index (κ3) is 5.09. The van der Waals surface area contributed by atoms with E-state index in [-0.39, 0.29) is 5.91 Å². The van der Waals surface area contributed by atoms with E-state index in [1.54, 1.807) is 31.2 Å². The Morgan fingerprint density at radius 3 is 2.27 bits per heavy atom. The maximum atomic E-state index is 12.3. The van der Waals surface area contributed by atoms with Gasteiger partial charge in [0.1, 0.15) is 11.3 Å². The molecule has 0 fully saturated rings. The summed E-state index contributed by atoms with van der Waals surface area (Å²) in [6.07, 6.45) is -0.929. The van der Waals surface area contributed by atoms with Crippen molar-refractivity contribution in [3.8, 4) is 5.75 Å². The van der Waals surface area contributed by atoms with Crippen molar-refractivity contribution in [3.05, 3.63) is 59.7 Å². The molecule has 1 amide bonds. The Morgan fingerprint density at radius 2 is 1.65 bits per heavy atom. The van der Waals surface area contributed by atoms with Gasteiger partial charge < -0.3 is 14.8 Å². The lowest BCUT2D eigenvalue weighted by atomic mass is 10.0. The highest BCUT2D eigenvalue weighted by Gasteiger charge is 2.21. The molecule has 0 unspecified atom stereocenters. The Balaban J connectivity index is 1.99. The number of carbonyl (C=O) groups excluding carboxylic acids is 2. The standard InChI is InChI=1S/C21H25NO4/c1-5-25-19-9-7-6-8-18(19)21(24)26-15(4)20(23)22-17-12-10-16(11-13-17)14(2)3/h6-15H,5H2,1-4H3,(H,22,23)/t15-/m1/s1. The number of hydrogen-bond donors (Lipinski definition) is 1. The average Bonchev–Trinajstić information content (AvgIpc) is 2.62. The number of para-hydroxylation sites is 1. The molecule has 0 saturated heterocycles. The predicted molar refractivity (Wildman–Crippen MR) is 102 cm³/mol. The fourth-order valence-electron chi connectivity index (χ4n) is 2.39. The summed E-state index contributed by atoms with van der Waals surface area (Å²) < 4.78 is 10.7. The summed E-state index contributed by atoms with van der Waals surface area (Å²) in [5.74, 6) is -0.113. The molecule has 5 heteroatoms. The van der Waals surface area contributed by atoms with Crippen LogP contribution in [0.25, 0.3) is 0 Å². The smallest absolute Gasteiger partial charge is 0.342 e. The Kier molecular flexibility index (Phi) is 6.78. The summed E-state index contributed by atoms with van der Waals surface area (Å²) in [5, 5.41) is 2.76. The van der Waals surface area contributed by atoms with Crippen LogP contribution in [-0.4, -0.2) is 24.6 Å². The van der Waals surface area contributed by atoms with Gasteiger partial charge in [0.2, 0.25) is 0 Å². The van der Waals surface area contributed by atoms with Crippen molar-refractivity contribution in [1.29, 1.82) is 0 Å². The second-order valence-electron chi connectivity index (χ2n) is 6.24. The summed E-state index contributed by atoms with van der Waals surface area (Å²) in [6, 6.07) is 14.4. The van der Waals surface area contributed by atoms with Crippen molar-refractivity contribution in [1.82, 2.24) is 0 Å². The van der Waals surface area contributed by atoms with Crippen LogP contribution in [-0.2, 0) is 9.53 Å². The number of rotatable bonds is 7. The van der Waals surface area contributed by atoms with Gasteiger partial charge in [0.15, 0.2) is 6.10 Å². The predicted octanol–water partition coefficient (Wildman–Crippen LogP) is 4.39. The molecule has 5 nitrogen and oxygen atoms in total. The molecular weight excluding hydrogens is 330 g/mol. The van der Waals surface area contributed by atoms with Crippen LogP contribution in [0, 0.1) is 0 Å². The lowest BCUT2D eigenvalue weighted by molar-refractivity contribution is -0.123. The number of nitrogens with one attached hydrogen (secondary N) is 1. The highest BCUT2D eigenvalue weighted by molar-refractivity contribution is 5.98. The van der Waals surface area contributed by atoms with E-state index in [9.17, 15) is 9.59 Å². The lowest BCUT2D eigenvalue weighted by Crippen LogP contribution is -2.30. The molecule has 0 saturated carbocycles. The number of benzene rings is 2. The van der Waals surface area contributed by atoms with Crippen molar-refractivity contribution in [2.45, 2.75) is 39.7 Å². The van der Waals surface area contributed by atoms with Gasteiger partial charge in [0.05, 0.1) is 6.61 Å². The summed E-state index contributed by atoms with van der Waals surface area (Å²) in [5.41, 5.74) is 2.15. The van der Waals surface area contributed by atoms with E-state index in [0.717, 1.165) is 0 Å². The van der Waals surface area contributed by atoms with Gasteiger partial charge in [-0.15, -0.1) is 0 Å². The van der Waals surface area contributed by atoms with Crippen molar-refractivity contribution in [2.24, 2.45) is 0 Å². The Morgan fingerprint density at radius 1 is 1.00 bits per heavy atom. The average molecular weight is 355 g/mol. The van der Waals surface area contributed by atoms with E-state index in [1.165, 1.54) is 5.56 Å². The van der Waals surface area contributed by atoms with Gasteiger partial charge in [-0.3, -0.25) is 4.79 Å². The van der Waals surface area contributed by atoms with Crippen LogP contribution in [0.3, 0.4) is 0 Å². The van der Waals surface area contributed by atoms with Crippen LogP contribution in [0.1, 0.15) is 49.5 Å². The fraction of sp³-hybridized carbons (Fsp3) is 0.333. The van der Waals surface area contributed by atoms with E-state index >= 15 is 0 Å². The van der Waals surface area contributed by atoms with Crippen LogP contribution >= 0.6 is 0 Å². The number of ether oxygens (including phenoxy) is 2. The van der Waals surface area contributed by atoms with Crippen LogP contribution in [0.4, 0.5) is 5.69 Å². The summed E-state index contributed by atoms with van der Waals surface area (Å²) in [7, 11) is 0. The number of anilines is 1. The molecule has 0 spiro atoms. The van der Waals surface area contributed by atoms with Crippen LogP contribution in [0.15, 0.2) is 48.5 Å². The van der Waals surface area contributed by atoms with E-state index in [4.69, 9.17) is 9.47 Å². The third-order valence-corrected chi connectivity index (χ3v) is 3.90. The van der Waals surface area contributed by atoms with Crippen LogP contribution < -0.4 is 10.1 Å². The second-order valence-corrected chi connectivity index (χ2v) is 6.24. The maximum absolute atomic E-state index is 12.3. The van der Waals surface area contributed by atoms with Crippen molar-refractivity contribution < 1.29 is 19.1 Å². The molecular formula is C21H25NO4. The molecule has 0 bridgehead atoms. The summed E-state index contributed by atoms with van der Waals surface area (Å²) in [4.78, 5) is 24.6. The van der Waals surface area contributed by atoms with Crippen LogP contribution in [0.5, 0.6) is 5.75 Å². The van der Waals surface area contributed by atoms with E-state index in [1.807, 2.05) is 31.2 Å². The first-order valence-corrected chi connectivity index (χ1v) is 8.76. The quantitative estimate of drug-likeness (QED) is 0.748. The molecule has 0 heterocycles. The molecule has 0 aliphatic rings. The molecule has 0 aromatic heterocycles. The Hall–Kier alpha value is -2.82. The summed E-state index contributed by atoms with van der Waals surface area (Å²) in [6.45, 7) is 8.03. The molecule has 0 aliphatic carbocycles. The molecule has 0 aliphatic heterocycles. The minimum Gasteiger partial charge on any atom is -0.493 e. The van der Waals surface area contributed by atoms with Gasteiger partial charge in [0.25, 0.3) is 5.91 Å². The number of esters is 1. The molecule has 1 N–H and O–H groups in total. The molecule has 138 valence electrons. The Bertz CT molecular complexity index is 753. The molecule has 1 atom stereocenters. The molecule has 2 aromatic carbocycles. The zero-order valence-corrected chi connectivity index (χ0v) is 15.6. The molecule has 2 aromatic rings. The summed E-state index contributed by atoms with van der Waals surface area (Å²) >= 11 is 0.